The number of rotatable bonds is 6. The first-order valence-electron chi connectivity index (χ1n) is 4.04. The van der Waals surface area contributed by atoms with Crippen molar-refractivity contribution in [1.29, 1.82) is 0 Å². The van der Waals surface area contributed by atoms with Crippen molar-refractivity contribution in [1.82, 2.24) is 10.0 Å². The summed E-state index contributed by atoms with van der Waals surface area (Å²) in [5.41, 5.74) is 0. The zero-order valence-electron chi connectivity index (χ0n) is 7.50. The van der Waals surface area contributed by atoms with Crippen LogP contribution in [0.4, 0.5) is 4.79 Å². The van der Waals surface area contributed by atoms with Gasteiger partial charge in [-0.15, -0.1) is 0 Å². The molecule has 0 saturated carbocycles. The first kappa shape index (κ1) is 12.1. The van der Waals surface area contributed by atoms with Gasteiger partial charge in [0, 0.05) is 6.54 Å². The Hall–Kier alpha value is -0.910. The number of aliphatic carboxylic acids is 1. The summed E-state index contributed by atoms with van der Waals surface area (Å²) in [5.74, 6) is -1.07. The van der Waals surface area contributed by atoms with Crippen LogP contribution in [-0.4, -0.2) is 29.4 Å². The van der Waals surface area contributed by atoms with Crippen LogP contribution in [0.2, 0.25) is 0 Å². The molecule has 0 spiro atoms. The van der Waals surface area contributed by atoms with E-state index in [0.717, 1.165) is 24.8 Å². The summed E-state index contributed by atoms with van der Waals surface area (Å²) in [7, 11) is 0. The molecule has 0 aromatic heterocycles. The van der Waals surface area contributed by atoms with Crippen molar-refractivity contribution < 1.29 is 14.7 Å². The molecule has 0 heterocycles. The van der Waals surface area contributed by atoms with E-state index in [0.29, 0.717) is 6.54 Å². The van der Waals surface area contributed by atoms with Gasteiger partial charge in [0.25, 0.3) is 0 Å². The smallest absolute Gasteiger partial charge is 0.324 e. The zero-order valence-corrected chi connectivity index (χ0v) is 8.32. The number of carboxylic acids is 1. The number of hydrogen-bond acceptors (Lipinski definition) is 3. The monoisotopic (exact) mass is 206 g/mol. The lowest BCUT2D eigenvalue weighted by Gasteiger charge is -2.04. The topological polar surface area (TPSA) is 78.4 Å². The largest absolute Gasteiger partial charge is 0.481 e. The maximum absolute atomic E-state index is 10.9. The average molecular weight is 206 g/mol. The van der Waals surface area contributed by atoms with Crippen LogP contribution < -0.4 is 10.0 Å². The van der Waals surface area contributed by atoms with Crippen LogP contribution in [0.1, 0.15) is 19.8 Å². The number of carboxylic acid groups (broad SMARTS) is 1. The molecule has 0 aliphatic carbocycles. The van der Waals surface area contributed by atoms with E-state index in [-0.39, 0.29) is 11.8 Å². The Labute approximate surface area is 81.4 Å². The predicted molar refractivity (Wildman–Crippen MR) is 51.5 cm³/mol. The second kappa shape index (κ2) is 7.72. The Balaban J connectivity index is 3.25. The fourth-order valence-electron chi connectivity index (χ4n) is 0.578. The van der Waals surface area contributed by atoms with Crippen LogP contribution in [0.25, 0.3) is 0 Å². The van der Waals surface area contributed by atoms with Crippen molar-refractivity contribution in [2.45, 2.75) is 19.8 Å². The predicted octanol–water partition coefficient (Wildman–Crippen LogP) is 0.819. The maximum atomic E-state index is 10.9. The van der Waals surface area contributed by atoms with Gasteiger partial charge < -0.3 is 10.4 Å². The van der Waals surface area contributed by atoms with E-state index in [1.165, 1.54) is 0 Å². The van der Waals surface area contributed by atoms with Crippen molar-refractivity contribution in [3.63, 3.8) is 0 Å². The van der Waals surface area contributed by atoms with E-state index < -0.39 is 5.97 Å². The van der Waals surface area contributed by atoms with E-state index in [4.69, 9.17) is 5.11 Å². The van der Waals surface area contributed by atoms with Gasteiger partial charge in [-0.25, -0.2) is 4.79 Å². The van der Waals surface area contributed by atoms with E-state index >= 15 is 0 Å². The minimum Gasteiger partial charge on any atom is -0.481 e. The highest BCUT2D eigenvalue weighted by Gasteiger charge is 2.00. The number of carbonyl (C=O) groups excluding carboxylic acids is 1. The van der Waals surface area contributed by atoms with Gasteiger partial charge in [0.1, 0.15) is 5.75 Å². The van der Waals surface area contributed by atoms with Gasteiger partial charge in [-0.3, -0.25) is 9.52 Å². The molecule has 5 nitrogen and oxygen atoms in total. The minimum atomic E-state index is -0.946. The lowest BCUT2D eigenvalue weighted by Crippen LogP contribution is -2.32. The summed E-state index contributed by atoms with van der Waals surface area (Å²) in [5, 5.41) is 10.8. The first-order chi connectivity index (χ1) is 6.16. The number of unbranched alkanes of at least 4 members (excludes halogenated alkanes) is 1. The summed E-state index contributed by atoms with van der Waals surface area (Å²) < 4.78 is 2.36. The van der Waals surface area contributed by atoms with Crippen LogP contribution in [0.5, 0.6) is 0 Å². The highest BCUT2D eigenvalue weighted by Crippen LogP contribution is 1.91. The third-order valence-electron chi connectivity index (χ3n) is 1.18. The molecule has 0 aromatic rings. The molecule has 6 heteroatoms. The maximum Gasteiger partial charge on any atom is 0.324 e. The molecule has 0 bridgehead atoms. The van der Waals surface area contributed by atoms with Gasteiger partial charge in [0.15, 0.2) is 0 Å². The van der Waals surface area contributed by atoms with Crippen molar-refractivity contribution in [2.24, 2.45) is 0 Å². The third kappa shape index (κ3) is 9.00. The fourth-order valence-corrected chi connectivity index (χ4v) is 0.977. The van der Waals surface area contributed by atoms with Crippen LogP contribution in [-0.2, 0) is 4.79 Å². The fraction of sp³-hybridized carbons (Fsp3) is 0.714. The quantitative estimate of drug-likeness (QED) is 0.444. The second-order valence-corrected chi connectivity index (χ2v) is 3.18. The molecular weight excluding hydrogens is 192 g/mol. The molecule has 0 aromatic carbocycles. The Morgan fingerprint density at radius 1 is 1.46 bits per heavy atom. The summed E-state index contributed by atoms with van der Waals surface area (Å²) >= 11 is 0.866. The number of urea groups is 1. The van der Waals surface area contributed by atoms with Crippen molar-refractivity contribution in [2.75, 3.05) is 12.3 Å². The SMILES string of the molecule is CCCCNC(=O)NSCC(=O)O. The van der Waals surface area contributed by atoms with Crippen LogP contribution in [0.15, 0.2) is 0 Å². The summed E-state index contributed by atoms with van der Waals surface area (Å²) in [6, 6.07) is -0.334. The molecule has 0 fully saturated rings. The Morgan fingerprint density at radius 3 is 2.69 bits per heavy atom. The van der Waals surface area contributed by atoms with Gasteiger partial charge in [-0.1, -0.05) is 13.3 Å². The molecule has 0 unspecified atom stereocenters. The molecular formula is C7H14N2O3S. The van der Waals surface area contributed by atoms with Crippen LogP contribution >= 0.6 is 11.9 Å². The van der Waals surface area contributed by atoms with Gasteiger partial charge >= 0.3 is 12.0 Å². The van der Waals surface area contributed by atoms with Gasteiger partial charge in [0.2, 0.25) is 0 Å². The van der Waals surface area contributed by atoms with Crippen LogP contribution in [0.3, 0.4) is 0 Å². The Kier molecular flexibility index (Phi) is 7.18. The van der Waals surface area contributed by atoms with E-state index in [9.17, 15) is 9.59 Å². The number of hydrogen-bond donors (Lipinski definition) is 3. The van der Waals surface area contributed by atoms with E-state index in [1.807, 2.05) is 6.92 Å². The normalized spacial score (nSPS) is 9.31. The zero-order chi connectivity index (χ0) is 10.1. The second-order valence-electron chi connectivity index (χ2n) is 2.39. The molecule has 3 N–H and O–H groups in total. The number of carbonyl (C=O) groups is 2. The van der Waals surface area contributed by atoms with Crippen LogP contribution in [0, 0.1) is 0 Å². The van der Waals surface area contributed by atoms with Gasteiger partial charge in [-0.2, -0.15) is 0 Å². The standard InChI is InChI=1S/C7H14N2O3S/c1-2-3-4-8-7(12)9-13-5-6(10)11/h2-5H2,1H3,(H,10,11)(H2,8,9,12). The lowest BCUT2D eigenvalue weighted by molar-refractivity contribution is -0.133. The Morgan fingerprint density at radius 2 is 2.15 bits per heavy atom. The lowest BCUT2D eigenvalue weighted by atomic mass is 10.3. The molecule has 0 rings (SSSR count). The van der Waals surface area contributed by atoms with Crippen molar-refractivity contribution >= 4 is 23.9 Å². The summed E-state index contributed by atoms with van der Waals surface area (Å²) in [6.07, 6.45) is 1.94. The highest BCUT2D eigenvalue weighted by atomic mass is 32.2. The molecule has 0 aliphatic heterocycles. The van der Waals surface area contributed by atoms with Crippen molar-refractivity contribution in [3.8, 4) is 0 Å². The molecule has 13 heavy (non-hydrogen) atoms. The van der Waals surface area contributed by atoms with Gasteiger partial charge in [-0.05, 0) is 18.4 Å². The van der Waals surface area contributed by atoms with Crippen molar-refractivity contribution in [3.05, 3.63) is 0 Å². The molecule has 76 valence electrons. The molecule has 2 amide bonds. The van der Waals surface area contributed by atoms with Gasteiger partial charge in [0.05, 0.1) is 0 Å². The summed E-state index contributed by atoms with van der Waals surface area (Å²) in [4.78, 5) is 20.9. The minimum absolute atomic E-state index is 0.124. The highest BCUT2D eigenvalue weighted by molar-refractivity contribution is 7.98. The average Bonchev–Trinajstić information content (AvgIpc) is 2.04. The Bertz CT molecular complexity index is 175. The number of amides is 2. The first-order valence-corrected chi connectivity index (χ1v) is 5.02. The van der Waals surface area contributed by atoms with E-state index in [1.54, 1.807) is 0 Å². The van der Waals surface area contributed by atoms with E-state index in [2.05, 4.69) is 10.0 Å². The molecule has 0 saturated heterocycles. The summed E-state index contributed by atoms with van der Waals surface area (Å²) in [6.45, 7) is 2.65. The number of nitrogens with one attached hydrogen (secondary N) is 2. The molecule has 0 atom stereocenters. The third-order valence-corrected chi connectivity index (χ3v) is 1.90. The molecule has 0 aliphatic rings. The molecule has 0 radical (unpaired) electrons.